The van der Waals surface area contributed by atoms with Crippen molar-refractivity contribution in [3.63, 3.8) is 0 Å². The first-order valence-electron chi connectivity index (χ1n) is 9.48. The number of benzene rings is 2. The minimum absolute atomic E-state index is 0.00741. The minimum Gasteiger partial charge on any atom is -0.497 e. The van der Waals surface area contributed by atoms with Crippen molar-refractivity contribution in [3.8, 4) is 11.5 Å². The van der Waals surface area contributed by atoms with Crippen LogP contribution in [0.5, 0.6) is 11.5 Å². The number of aliphatic hydroxyl groups is 1. The number of hydrogen-bond donors (Lipinski definition) is 2. The van der Waals surface area contributed by atoms with E-state index in [4.69, 9.17) is 14.6 Å². The third-order valence-corrected chi connectivity index (χ3v) is 5.12. The van der Waals surface area contributed by atoms with Crippen molar-refractivity contribution in [2.45, 2.75) is 19.0 Å². The zero-order valence-electron chi connectivity index (χ0n) is 16.0. The van der Waals surface area contributed by atoms with Gasteiger partial charge >= 0.3 is 0 Å². The summed E-state index contributed by atoms with van der Waals surface area (Å²) in [5, 5.41) is 9.07. The number of H-pyrrole nitrogens is 1. The lowest BCUT2D eigenvalue weighted by Crippen LogP contribution is -2.34. The Kier molecular flexibility index (Phi) is 5.60. The van der Waals surface area contributed by atoms with Gasteiger partial charge in [-0.1, -0.05) is 30.3 Å². The van der Waals surface area contributed by atoms with Crippen LogP contribution in [0.2, 0.25) is 0 Å². The van der Waals surface area contributed by atoms with Crippen LogP contribution in [0, 0.1) is 0 Å². The van der Waals surface area contributed by atoms with Crippen LogP contribution in [0.4, 0.5) is 0 Å². The van der Waals surface area contributed by atoms with Gasteiger partial charge in [0, 0.05) is 31.1 Å². The number of methoxy groups -OCH3 is 1. The molecule has 2 N–H and O–H groups in total. The molecule has 6 heteroatoms. The molecule has 2 heterocycles. The molecule has 0 saturated carbocycles. The second-order valence-electron chi connectivity index (χ2n) is 6.94. The number of aromatic amines is 1. The summed E-state index contributed by atoms with van der Waals surface area (Å²) in [7, 11) is 1.69. The maximum Gasteiger partial charge on any atom is 0.123 e. The fourth-order valence-electron chi connectivity index (χ4n) is 3.81. The Bertz CT molecular complexity index is 925. The summed E-state index contributed by atoms with van der Waals surface area (Å²) >= 11 is 0. The second-order valence-corrected chi connectivity index (χ2v) is 6.94. The lowest BCUT2D eigenvalue weighted by Gasteiger charge is -2.32. The maximum absolute atomic E-state index is 9.07. The molecule has 1 aliphatic rings. The Hall–Kier alpha value is -2.83. The van der Waals surface area contributed by atoms with E-state index in [1.165, 1.54) is 5.56 Å². The van der Waals surface area contributed by atoms with Gasteiger partial charge in [0.1, 0.15) is 18.1 Å². The molecule has 0 bridgehead atoms. The van der Waals surface area contributed by atoms with Crippen LogP contribution >= 0.6 is 0 Å². The van der Waals surface area contributed by atoms with E-state index in [1.54, 1.807) is 13.4 Å². The van der Waals surface area contributed by atoms with Crippen LogP contribution in [0.25, 0.3) is 0 Å². The van der Waals surface area contributed by atoms with E-state index in [9.17, 15) is 0 Å². The molecule has 0 amide bonds. The molecule has 0 fully saturated rings. The lowest BCUT2D eigenvalue weighted by molar-refractivity contribution is 0.193. The van der Waals surface area contributed by atoms with Gasteiger partial charge in [-0.05, 0) is 23.8 Å². The van der Waals surface area contributed by atoms with E-state index in [1.807, 2.05) is 30.3 Å². The van der Waals surface area contributed by atoms with Crippen LogP contribution in [0.1, 0.15) is 28.4 Å². The van der Waals surface area contributed by atoms with Crippen molar-refractivity contribution in [3.05, 3.63) is 77.4 Å². The Morgan fingerprint density at radius 1 is 1.21 bits per heavy atom. The maximum atomic E-state index is 9.07. The van der Waals surface area contributed by atoms with E-state index in [0.29, 0.717) is 6.61 Å². The fraction of sp³-hybridized carbons (Fsp3) is 0.318. The molecular formula is C22H25N3O3. The number of imidazole rings is 1. The van der Waals surface area contributed by atoms with Gasteiger partial charge in [-0.3, -0.25) is 4.90 Å². The molecule has 146 valence electrons. The van der Waals surface area contributed by atoms with Gasteiger partial charge in [-0.2, -0.15) is 0 Å². The normalized spacial score (nSPS) is 16.6. The zero-order valence-corrected chi connectivity index (χ0v) is 16.0. The molecule has 1 atom stereocenters. The molecule has 6 nitrogen and oxygen atoms in total. The highest BCUT2D eigenvalue weighted by Gasteiger charge is 2.29. The molecule has 1 aromatic heterocycles. The highest BCUT2D eigenvalue weighted by atomic mass is 16.5. The van der Waals surface area contributed by atoms with Gasteiger partial charge in [0.05, 0.1) is 31.4 Å². The molecule has 2 aromatic carbocycles. The van der Waals surface area contributed by atoms with Crippen LogP contribution in [-0.4, -0.2) is 46.8 Å². The summed E-state index contributed by atoms with van der Waals surface area (Å²) in [6, 6.07) is 16.2. The molecule has 0 spiro atoms. The van der Waals surface area contributed by atoms with E-state index >= 15 is 0 Å². The quantitative estimate of drug-likeness (QED) is 0.661. The molecular weight excluding hydrogens is 354 g/mol. The molecule has 3 aromatic rings. The van der Waals surface area contributed by atoms with Gasteiger partial charge < -0.3 is 19.6 Å². The predicted octanol–water partition coefficient (Wildman–Crippen LogP) is 2.94. The monoisotopic (exact) mass is 379 g/mol. The van der Waals surface area contributed by atoms with Crippen molar-refractivity contribution in [1.82, 2.24) is 14.9 Å². The Labute approximate surface area is 164 Å². The number of aliphatic hydroxyl groups excluding tert-OH is 1. The van der Waals surface area contributed by atoms with Crippen LogP contribution in [0.15, 0.2) is 54.9 Å². The number of para-hydroxylation sites is 1. The number of rotatable bonds is 7. The van der Waals surface area contributed by atoms with E-state index in [-0.39, 0.29) is 12.5 Å². The summed E-state index contributed by atoms with van der Waals surface area (Å²) < 4.78 is 11.1. The molecule has 0 saturated heterocycles. The highest BCUT2D eigenvalue weighted by molar-refractivity contribution is 5.39. The van der Waals surface area contributed by atoms with Gasteiger partial charge in [-0.15, -0.1) is 0 Å². The van der Waals surface area contributed by atoms with Crippen LogP contribution in [0.3, 0.4) is 0 Å². The average molecular weight is 379 g/mol. The van der Waals surface area contributed by atoms with Gasteiger partial charge in [0.2, 0.25) is 0 Å². The molecule has 1 aliphatic heterocycles. The summed E-state index contributed by atoms with van der Waals surface area (Å²) in [4.78, 5) is 10.3. The highest BCUT2D eigenvalue weighted by Crippen LogP contribution is 2.34. The molecule has 4 rings (SSSR count). The van der Waals surface area contributed by atoms with Gasteiger partial charge in [0.25, 0.3) is 0 Å². The Balaban J connectivity index is 1.59. The summed E-state index contributed by atoms with van der Waals surface area (Å²) in [6.07, 6.45) is 1.78. The standard InChI is InChI=1S/C22H25N3O3/c1-27-18-7-4-6-16(11-18)19-13-25(14-20-22(19)24-15-23-20)12-17-5-2-3-8-21(17)28-10-9-26/h2-8,11,15,19,26H,9-10,12-14H2,1H3,(H,23,24). The van der Waals surface area contributed by atoms with Crippen LogP contribution in [-0.2, 0) is 13.1 Å². The molecule has 0 radical (unpaired) electrons. The first kappa shape index (κ1) is 18.5. The minimum atomic E-state index is 0.00741. The molecule has 1 unspecified atom stereocenters. The zero-order chi connectivity index (χ0) is 19.3. The number of hydrogen-bond acceptors (Lipinski definition) is 5. The number of fused-ring (bicyclic) bond motifs is 1. The number of nitrogens with one attached hydrogen (secondary N) is 1. The number of nitrogens with zero attached hydrogens (tertiary/aromatic N) is 2. The van der Waals surface area contributed by atoms with E-state index in [0.717, 1.165) is 48.1 Å². The van der Waals surface area contributed by atoms with Crippen molar-refractivity contribution in [2.75, 3.05) is 26.9 Å². The summed E-state index contributed by atoms with van der Waals surface area (Å²) in [5.41, 5.74) is 4.56. The van der Waals surface area contributed by atoms with Gasteiger partial charge in [-0.25, -0.2) is 4.98 Å². The number of aromatic nitrogens is 2. The molecule has 0 aliphatic carbocycles. The van der Waals surface area contributed by atoms with E-state index in [2.05, 4.69) is 33.1 Å². The van der Waals surface area contributed by atoms with Crippen molar-refractivity contribution in [1.29, 1.82) is 0 Å². The smallest absolute Gasteiger partial charge is 0.123 e. The Morgan fingerprint density at radius 3 is 2.96 bits per heavy atom. The Morgan fingerprint density at radius 2 is 2.11 bits per heavy atom. The van der Waals surface area contributed by atoms with Crippen molar-refractivity contribution in [2.24, 2.45) is 0 Å². The third kappa shape index (κ3) is 3.88. The summed E-state index contributed by atoms with van der Waals surface area (Å²) in [5.74, 6) is 1.86. The van der Waals surface area contributed by atoms with E-state index < -0.39 is 0 Å². The summed E-state index contributed by atoms with van der Waals surface area (Å²) in [6.45, 7) is 2.74. The first-order valence-corrected chi connectivity index (χ1v) is 9.48. The van der Waals surface area contributed by atoms with Crippen LogP contribution < -0.4 is 9.47 Å². The average Bonchev–Trinajstić information content (AvgIpc) is 3.21. The SMILES string of the molecule is COc1cccc(C2CN(Cc3ccccc3OCCO)Cc3[nH]cnc32)c1. The topological polar surface area (TPSA) is 70.6 Å². The van der Waals surface area contributed by atoms with Crippen molar-refractivity contribution >= 4 is 0 Å². The molecule has 28 heavy (non-hydrogen) atoms. The first-order chi connectivity index (χ1) is 13.8. The third-order valence-electron chi connectivity index (χ3n) is 5.12. The number of ether oxygens (including phenoxy) is 2. The fourth-order valence-corrected chi connectivity index (χ4v) is 3.81. The second kappa shape index (κ2) is 8.46. The van der Waals surface area contributed by atoms with Gasteiger partial charge in [0.15, 0.2) is 0 Å². The largest absolute Gasteiger partial charge is 0.497 e. The van der Waals surface area contributed by atoms with Crippen molar-refractivity contribution < 1.29 is 14.6 Å². The predicted molar refractivity (Wildman–Crippen MR) is 107 cm³/mol. The lowest BCUT2D eigenvalue weighted by atomic mass is 9.90.